The molecule has 1 aliphatic heterocycles. The van der Waals surface area contributed by atoms with Crippen LogP contribution in [0.4, 0.5) is 0 Å². The zero-order chi connectivity index (χ0) is 19.7. The first-order valence-corrected chi connectivity index (χ1v) is 10.8. The molecule has 0 unspecified atom stereocenters. The van der Waals surface area contributed by atoms with Gasteiger partial charge in [-0.05, 0) is 61.2 Å². The molecular formula is C26H31N3. The number of nitrogens with zero attached hydrogens (tertiary/aromatic N) is 3. The summed E-state index contributed by atoms with van der Waals surface area (Å²) < 4.78 is 0. The first kappa shape index (κ1) is 19.8. The van der Waals surface area contributed by atoms with Crippen LogP contribution in [0, 0.1) is 0 Å². The molecule has 0 atom stereocenters. The summed E-state index contributed by atoms with van der Waals surface area (Å²) in [5, 5.41) is 0. The predicted octanol–water partition coefficient (Wildman–Crippen LogP) is 4.79. The second-order valence-electron chi connectivity index (χ2n) is 8.05. The second-order valence-corrected chi connectivity index (χ2v) is 8.05. The molecule has 0 radical (unpaired) electrons. The number of aromatic nitrogens is 1. The molecule has 2 heterocycles. The Kier molecular flexibility index (Phi) is 7.06. The Morgan fingerprint density at radius 1 is 0.759 bits per heavy atom. The molecule has 1 aliphatic rings. The van der Waals surface area contributed by atoms with E-state index in [9.17, 15) is 0 Å². The monoisotopic (exact) mass is 385 g/mol. The van der Waals surface area contributed by atoms with Gasteiger partial charge < -0.3 is 0 Å². The van der Waals surface area contributed by atoms with Crippen LogP contribution in [0.2, 0.25) is 0 Å². The Morgan fingerprint density at radius 3 is 2.03 bits per heavy atom. The van der Waals surface area contributed by atoms with Crippen LogP contribution in [0.3, 0.4) is 0 Å². The second kappa shape index (κ2) is 10.3. The van der Waals surface area contributed by atoms with E-state index >= 15 is 0 Å². The van der Waals surface area contributed by atoms with Gasteiger partial charge in [-0.3, -0.25) is 14.8 Å². The maximum Gasteiger partial charge on any atom is 0.0271 e. The third-order valence-electron chi connectivity index (χ3n) is 5.99. The summed E-state index contributed by atoms with van der Waals surface area (Å²) in [6.45, 7) is 5.54. The Morgan fingerprint density at radius 2 is 1.38 bits per heavy atom. The van der Waals surface area contributed by atoms with Crippen molar-refractivity contribution in [2.24, 2.45) is 0 Å². The molecule has 1 saturated heterocycles. The lowest BCUT2D eigenvalue weighted by molar-refractivity contribution is 0.0997. The topological polar surface area (TPSA) is 19.4 Å². The van der Waals surface area contributed by atoms with Crippen LogP contribution in [-0.2, 0) is 19.5 Å². The number of piperidine rings is 1. The quantitative estimate of drug-likeness (QED) is 0.556. The van der Waals surface area contributed by atoms with Crippen LogP contribution in [-0.4, -0.2) is 40.5 Å². The number of hydrogen-bond donors (Lipinski definition) is 0. The van der Waals surface area contributed by atoms with Gasteiger partial charge in [-0.2, -0.15) is 0 Å². The van der Waals surface area contributed by atoms with E-state index in [0.29, 0.717) is 6.04 Å². The van der Waals surface area contributed by atoms with Crippen molar-refractivity contribution < 1.29 is 0 Å². The Labute approximate surface area is 175 Å². The highest BCUT2D eigenvalue weighted by Crippen LogP contribution is 2.21. The minimum atomic E-state index is 0.660. The van der Waals surface area contributed by atoms with Crippen molar-refractivity contribution in [2.45, 2.75) is 38.4 Å². The molecule has 150 valence electrons. The maximum absolute atomic E-state index is 4.13. The number of pyridine rings is 1. The SMILES string of the molecule is c1ccc(CCN(Cc2ccccc2)C2CCN(Cc3ccncc3)CC2)cc1. The van der Waals surface area contributed by atoms with Crippen molar-refractivity contribution in [1.29, 1.82) is 0 Å². The molecule has 3 nitrogen and oxygen atoms in total. The van der Waals surface area contributed by atoms with E-state index in [1.807, 2.05) is 12.4 Å². The lowest BCUT2D eigenvalue weighted by atomic mass is 10.0. The van der Waals surface area contributed by atoms with Gasteiger partial charge in [0.15, 0.2) is 0 Å². The highest BCUT2D eigenvalue weighted by atomic mass is 15.2. The van der Waals surface area contributed by atoms with Gasteiger partial charge in [0.1, 0.15) is 0 Å². The van der Waals surface area contributed by atoms with Crippen molar-refractivity contribution >= 4 is 0 Å². The minimum Gasteiger partial charge on any atom is -0.299 e. The van der Waals surface area contributed by atoms with Crippen LogP contribution < -0.4 is 0 Å². The van der Waals surface area contributed by atoms with Crippen LogP contribution in [0.15, 0.2) is 85.2 Å². The first-order chi connectivity index (χ1) is 14.4. The molecule has 1 aromatic heterocycles. The molecule has 2 aromatic carbocycles. The zero-order valence-electron chi connectivity index (χ0n) is 17.2. The summed E-state index contributed by atoms with van der Waals surface area (Å²) >= 11 is 0. The highest BCUT2D eigenvalue weighted by Gasteiger charge is 2.24. The van der Waals surface area contributed by atoms with Crippen LogP contribution in [0.1, 0.15) is 29.5 Å². The highest BCUT2D eigenvalue weighted by molar-refractivity contribution is 5.17. The van der Waals surface area contributed by atoms with E-state index in [1.165, 1.54) is 42.6 Å². The first-order valence-electron chi connectivity index (χ1n) is 10.8. The number of likely N-dealkylation sites (tertiary alicyclic amines) is 1. The van der Waals surface area contributed by atoms with E-state index in [0.717, 1.165) is 26.1 Å². The molecule has 0 saturated carbocycles. The smallest absolute Gasteiger partial charge is 0.0271 e. The van der Waals surface area contributed by atoms with Gasteiger partial charge in [0.25, 0.3) is 0 Å². The predicted molar refractivity (Wildman–Crippen MR) is 120 cm³/mol. The fraction of sp³-hybridized carbons (Fsp3) is 0.346. The Bertz CT molecular complexity index is 828. The lowest BCUT2D eigenvalue weighted by Crippen LogP contribution is -2.45. The number of hydrogen-bond acceptors (Lipinski definition) is 3. The minimum absolute atomic E-state index is 0.660. The van der Waals surface area contributed by atoms with Crippen molar-refractivity contribution in [3.63, 3.8) is 0 Å². The average Bonchev–Trinajstić information content (AvgIpc) is 2.79. The molecule has 0 amide bonds. The molecule has 3 aromatic rings. The molecule has 0 aliphatic carbocycles. The molecule has 3 heteroatoms. The lowest BCUT2D eigenvalue weighted by Gasteiger charge is -2.39. The van der Waals surface area contributed by atoms with Gasteiger partial charge in [0.2, 0.25) is 0 Å². The summed E-state index contributed by atoms with van der Waals surface area (Å²) in [6, 6.07) is 26.7. The molecule has 0 bridgehead atoms. The van der Waals surface area contributed by atoms with Crippen molar-refractivity contribution in [3.8, 4) is 0 Å². The van der Waals surface area contributed by atoms with E-state index < -0.39 is 0 Å². The fourth-order valence-corrected chi connectivity index (χ4v) is 4.32. The molecule has 29 heavy (non-hydrogen) atoms. The van der Waals surface area contributed by atoms with E-state index in [4.69, 9.17) is 0 Å². The molecule has 0 spiro atoms. The molecule has 0 N–H and O–H groups in total. The maximum atomic E-state index is 4.13. The van der Waals surface area contributed by atoms with E-state index in [2.05, 4.69) is 87.6 Å². The van der Waals surface area contributed by atoms with Crippen LogP contribution >= 0.6 is 0 Å². The molecule has 1 fully saturated rings. The third-order valence-corrected chi connectivity index (χ3v) is 5.99. The van der Waals surface area contributed by atoms with Gasteiger partial charge in [0, 0.05) is 38.1 Å². The summed E-state index contributed by atoms with van der Waals surface area (Å²) in [7, 11) is 0. The van der Waals surface area contributed by atoms with E-state index in [-0.39, 0.29) is 0 Å². The average molecular weight is 386 g/mol. The van der Waals surface area contributed by atoms with Crippen LogP contribution in [0.5, 0.6) is 0 Å². The van der Waals surface area contributed by atoms with Gasteiger partial charge in [0.05, 0.1) is 0 Å². The Hall–Kier alpha value is -2.49. The largest absolute Gasteiger partial charge is 0.299 e. The van der Waals surface area contributed by atoms with Crippen LogP contribution in [0.25, 0.3) is 0 Å². The number of rotatable bonds is 8. The standard InChI is InChI=1S/C26H31N3/c1-3-7-23(8-4-1)13-20-29(22-24-9-5-2-6-10-24)26-14-18-28(19-15-26)21-25-11-16-27-17-12-25/h1-12,16-17,26H,13-15,18-22H2. The van der Waals surface area contributed by atoms with Crippen molar-refractivity contribution in [2.75, 3.05) is 19.6 Å². The van der Waals surface area contributed by atoms with Gasteiger partial charge in [-0.1, -0.05) is 60.7 Å². The van der Waals surface area contributed by atoms with Crippen molar-refractivity contribution in [3.05, 3.63) is 102 Å². The van der Waals surface area contributed by atoms with Gasteiger partial charge in [-0.25, -0.2) is 0 Å². The summed E-state index contributed by atoms with van der Waals surface area (Å²) in [5.74, 6) is 0. The van der Waals surface area contributed by atoms with Gasteiger partial charge >= 0.3 is 0 Å². The zero-order valence-corrected chi connectivity index (χ0v) is 17.2. The fourth-order valence-electron chi connectivity index (χ4n) is 4.32. The Balaban J connectivity index is 1.36. The van der Waals surface area contributed by atoms with Gasteiger partial charge in [-0.15, -0.1) is 0 Å². The number of benzene rings is 2. The summed E-state index contributed by atoms with van der Waals surface area (Å²) in [5.41, 5.74) is 4.21. The van der Waals surface area contributed by atoms with Crippen molar-refractivity contribution in [1.82, 2.24) is 14.8 Å². The summed E-state index contributed by atoms with van der Waals surface area (Å²) in [4.78, 5) is 9.44. The normalized spacial score (nSPS) is 15.6. The molecular weight excluding hydrogens is 354 g/mol. The van der Waals surface area contributed by atoms with E-state index in [1.54, 1.807) is 0 Å². The summed E-state index contributed by atoms with van der Waals surface area (Å²) in [6.07, 6.45) is 7.39. The third kappa shape index (κ3) is 5.99. The molecule has 4 rings (SSSR count).